The molecule has 2 N–H and O–H groups in total. The summed E-state index contributed by atoms with van der Waals surface area (Å²) in [5.74, 6) is -0.755. The summed E-state index contributed by atoms with van der Waals surface area (Å²) in [5.41, 5.74) is 2.27. The second-order valence-electron chi connectivity index (χ2n) is 6.07. The number of fused-ring (bicyclic) bond motifs is 3. The SMILES string of the molecule is Cc1ccccc1NC(=O)Cn1[nH]c2c(cnc3ccc(F)cc32)c1=O. The normalized spacial score (nSPS) is 11.2. The average molecular weight is 350 g/mol. The molecular weight excluding hydrogens is 335 g/mol. The van der Waals surface area contributed by atoms with Crippen LogP contribution in [0.15, 0.2) is 53.5 Å². The van der Waals surface area contributed by atoms with E-state index in [0.717, 1.165) is 5.56 Å². The molecule has 0 aliphatic carbocycles. The molecule has 0 unspecified atom stereocenters. The fourth-order valence-corrected chi connectivity index (χ4v) is 2.94. The molecule has 0 bridgehead atoms. The first kappa shape index (κ1) is 16.0. The van der Waals surface area contributed by atoms with E-state index in [1.54, 1.807) is 12.1 Å². The molecule has 0 aliphatic rings. The highest BCUT2D eigenvalue weighted by molar-refractivity contribution is 6.02. The Bertz CT molecular complexity index is 1210. The Balaban J connectivity index is 1.71. The summed E-state index contributed by atoms with van der Waals surface area (Å²) in [6, 6.07) is 11.6. The Morgan fingerprint density at radius 3 is 2.85 bits per heavy atom. The highest BCUT2D eigenvalue weighted by atomic mass is 19.1. The van der Waals surface area contributed by atoms with Crippen LogP contribution in [0.1, 0.15) is 5.56 Å². The Kier molecular flexibility index (Phi) is 3.76. The molecule has 2 aromatic heterocycles. The van der Waals surface area contributed by atoms with E-state index in [1.165, 1.54) is 23.0 Å². The average Bonchev–Trinajstić information content (AvgIpc) is 2.93. The summed E-state index contributed by atoms with van der Waals surface area (Å²) in [4.78, 5) is 29.0. The molecule has 0 fully saturated rings. The van der Waals surface area contributed by atoms with Crippen molar-refractivity contribution in [3.05, 3.63) is 70.4 Å². The molecule has 0 saturated heterocycles. The lowest BCUT2D eigenvalue weighted by molar-refractivity contribution is -0.116. The van der Waals surface area contributed by atoms with Crippen molar-refractivity contribution < 1.29 is 9.18 Å². The van der Waals surface area contributed by atoms with Crippen LogP contribution in [0.3, 0.4) is 0 Å². The maximum Gasteiger partial charge on any atom is 0.276 e. The van der Waals surface area contributed by atoms with Crippen LogP contribution in [-0.4, -0.2) is 20.7 Å². The highest BCUT2D eigenvalue weighted by Crippen LogP contribution is 2.21. The molecule has 2 aromatic carbocycles. The number of nitrogens with zero attached hydrogens (tertiary/aromatic N) is 2. The molecule has 4 aromatic rings. The number of benzene rings is 2. The molecule has 0 saturated carbocycles. The fraction of sp³-hybridized carbons (Fsp3) is 0.105. The lowest BCUT2D eigenvalue weighted by Crippen LogP contribution is -2.26. The first-order valence-electron chi connectivity index (χ1n) is 8.05. The van der Waals surface area contributed by atoms with E-state index >= 15 is 0 Å². The molecule has 7 heteroatoms. The van der Waals surface area contributed by atoms with Gasteiger partial charge in [0.1, 0.15) is 12.4 Å². The zero-order valence-corrected chi connectivity index (χ0v) is 13.9. The van der Waals surface area contributed by atoms with Gasteiger partial charge in [-0.2, -0.15) is 0 Å². The number of carbonyl (C=O) groups is 1. The Morgan fingerprint density at radius 2 is 2.04 bits per heavy atom. The molecule has 4 rings (SSSR count). The van der Waals surface area contributed by atoms with Gasteiger partial charge in [-0.05, 0) is 36.8 Å². The van der Waals surface area contributed by atoms with Crippen LogP contribution in [0.2, 0.25) is 0 Å². The van der Waals surface area contributed by atoms with E-state index in [1.807, 2.05) is 25.1 Å². The number of halogens is 1. The molecule has 1 amide bonds. The molecule has 6 nitrogen and oxygen atoms in total. The number of carbonyl (C=O) groups excluding carboxylic acids is 1. The lowest BCUT2D eigenvalue weighted by Gasteiger charge is -2.08. The van der Waals surface area contributed by atoms with Crippen molar-refractivity contribution in [3.8, 4) is 0 Å². The van der Waals surface area contributed by atoms with E-state index in [4.69, 9.17) is 0 Å². The van der Waals surface area contributed by atoms with Crippen molar-refractivity contribution >= 4 is 33.4 Å². The fourth-order valence-electron chi connectivity index (χ4n) is 2.94. The van der Waals surface area contributed by atoms with E-state index in [0.29, 0.717) is 27.5 Å². The molecule has 0 radical (unpaired) electrons. The van der Waals surface area contributed by atoms with Crippen molar-refractivity contribution in [1.29, 1.82) is 0 Å². The van der Waals surface area contributed by atoms with E-state index in [9.17, 15) is 14.0 Å². The van der Waals surface area contributed by atoms with Crippen LogP contribution in [-0.2, 0) is 11.3 Å². The number of pyridine rings is 1. The van der Waals surface area contributed by atoms with Gasteiger partial charge in [-0.1, -0.05) is 18.2 Å². The minimum atomic E-state index is -0.419. The molecule has 0 spiro atoms. The van der Waals surface area contributed by atoms with Gasteiger partial charge in [0.15, 0.2) is 0 Å². The largest absolute Gasteiger partial charge is 0.324 e. The van der Waals surface area contributed by atoms with Crippen LogP contribution in [0.25, 0.3) is 21.8 Å². The zero-order valence-electron chi connectivity index (χ0n) is 13.9. The van der Waals surface area contributed by atoms with Gasteiger partial charge < -0.3 is 5.32 Å². The van der Waals surface area contributed by atoms with Crippen molar-refractivity contribution in [2.45, 2.75) is 13.5 Å². The summed E-state index contributed by atoms with van der Waals surface area (Å²) in [6.45, 7) is 1.70. The van der Waals surface area contributed by atoms with Gasteiger partial charge in [-0.15, -0.1) is 0 Å². The van der Waals surface area contributed by atoms with Gasteiger partial charge in [-0.3, -0.25) is 19.7 Å². The minimum Gasteiger partial charge on any atom is -0.324 e. The number of aromatic nitrogens is 3. The van der Waals surface area contributed by atoms with E-state index in [-0.39, 0.29) is 18.0 Å². The maximum absolute atomic E-state index is 13.6. The van der Waals surface area contributed by atoms with Gasteiger partial charge >= 0.3 is 0 Å². The van der Waals surface area contributed by atoms with Crippen molar-refractivity contribution in [2.75, 3.05) is 5.32 Å². The predicted octanol–water partition coefficient (Wildman–Crippen LogP) is 2.96. The van der Waals surface area contributed by atoms with Gasteiger partial charge in [0.05, 0.1) is 16.4 Å². The zero-order chi connectivity index (χ0) is 18.3. The number of anilines is 1. The minimum absolute atomic E-state index is 0.182. The lowest BCUT2D eigenvalue weighted by atomic mass is 10.2. The maximum atomic E-state index is 13.6. The van der Waals surface area contributed by atoms with Crippen LogP contribution < -0.4 is 10.9 Å². The molecule has 0 aliphatic heterocycles. The third kappa shape index (κ3) is 2.73. The highest BCUT2D eigenvalue weighted by Gasteiger charge is 2.14. The van der Waals surface area contributed by atoms with Crippen LogP contribution in [0.4, 0.5) is 10.1 Å². The number of aryl methyl sites for hydroxylation is 1. The Labute approximate surface area is 147 Å². The molecule has 2 heterocycles. The van der Waals surface area contributed by atoms with Crippen molar-refractivity contribution in [1.82, 2.24) is 14.8 Å². The Morgan fingerprint density at radius 1 is 1.23 bits per heavy atom. The van der Waals surface area contributed by atoms with Crippen molar-refractivity contribution in [2.24, 2.45) is 0 Å². The topological polar surface area (TPSA) is 79.8 Å². The second-order valence-corrected chi connectivity index (χ2v) is 6.07. The molecule has 26 heavy (non-hydrogen) atoms. The number of amides is 1. The van der Waals surface area contributed by atoms with Gasteiger partial charge in [0.2, 0.25) is 5.91 Å². The summed E-state index contributed by atoms with van der Waals surface area (Å²) in [6.07, 6.45) is 1.43. The third-order valence-electron chi connectivity index (χ3n) is 4.27. The first-order valence-corrected chi connectivity index (χ1v) is 8.05. The number of hydrogen-bond acceptors (Lipinski definition) is 3. The number of hydrogen-bond donors (Lipinski definition) is 2. The van der Waals surface area contributed by atoms with Gasteiger partial charge in [-0.25, -0.2) is 9.07 Å². The smallest absolute Gasteiger partial charge is 0.276 e. The van der Waals surface area contributed by atoms with E-state index < -0.39 is 5.82 Å². The summed E-state index contributed by atoms with van der Waals surface area (Å²) in [5, 5.41) is 6.49. The first-order chi connectivity index (χ1) is 12.5. The third-order valence-corrected chi connectivity index (χ3v) is 4.27. The standard InChI is InChI=1S/C19H15FN4O2/c1-11-4-2-3-5-15(11)22-17(25)10-24-19(26)14-9-21-16-7-6-12(20)8-13(16)18(14)23-24/h2-9,23H,10H2,1H3,(H,22,25). The summed E-state index contributed by atoms with van der Waals surface area (Å²) >= 11 is 0. The van der Waals surface area contributed by atoms with Crippen LogP contribution >= 0.6 is 0 Å². The molecule has 130 valence electrons. The number of nitrogens with one attached hydrogen (secondary N) is 2. The Hall–Kier alpha value is -3.48. The second kappa shape index (κ2) is 6.11. The summed E-state index contributed by atoms with van der Waals surface area (Å²) < 4.78 is 14.8. The van der Waals surface area contributed by atoms with Crippen LogP contribution in [0.5, 0.6) is 0 Å². The number of para-hydroxylation sites is 1. The number of H-pyrrole nitrogens is 1. The monoisotopic (exact) mass is 350 g/mol. The van der Waals surface area contributed by atoms with Crippen molar-refractivity contribution in [3.63, 3.8) is 0 Å². The van der Waals surface area contributed by atoms with E-state index in [2.05, 4.69) is 15.4 Å². The summed E-state index contributed by atoms with van der Waals surface area (Å²) in [7, 11) is 0. The van der Waals surface area contributed by atoms with Gasteiger partial charge in [0.25, 0.3) is 5.56 Å². The van der Waals surface area contributed by atoms with Gasteiger partial charge in [0, 0.05) is 17.3 Å². The van der Waals surface area contributed by atoms with Crippen LogP contribution in [0, 0.1) is 12.7 Å². The molecular formula is C19H15FN4O2. The molecule has 0 atom stereocenters. The quantitative estimate of drug-likeness (QED) is 0.596. The predicted molar refractivity (Wildman–Crippen MR) is 97.6 cm³/mol. The number of rotatable bonds is 3. The number of aromatic amines is 1.